The molecule has 1 heterocycles. The van der Waals surface area contributed by atoms with Gasteiger partial charge in [0.05, 0.1) is 11.4 Å². The highest BCUT2D eigenvalue weighted by Crippen LogP contribution is 2.24. The monoisotopic (exact) mass is 371 g/mol. The van der Waals surface area contributed by atoms with Gasteiger partial charge >= 0.3 is 5.97 Å². The zero-order chi connectivity index (χ0) is 17.7. The molecule has 0 radical (unpaired) electrons. The number of aryl methyl sites for hydroxylation is 1. The van der Waals surface area contributed by atoms with Crippen molar-refractivity contribution < 1.29 is 23.8 Å². The Kier molecular flexibility index (Phi) is 6.16. The van der Waals surface area contributed by atoms with Crippen molar-refractivity contribution in [2.75, 3.05) is 7.11 Å². The number of rotatable bonds is 7. The lowest BCUT2D eigenvalue weighted by Gasteiger charge is -2.15. The lowest BCUT2D eigenvalue weighted by molar-refractivity contribution is -0.142. The predicted molar refractivity (Wildman–Crippen MR) is 89.1 cm³/mol. The van der Waals surface area contributed by atoms with Crippen molar-refractivity contribution in [3.8, 4) is 5.75 Å². The molecule has 0 saturated heterocycles. The van der Waals surface area contributed by atoms with Crippen LogP contribution in [0.3, 0.4) is 0 Å². The van der Waals surface area contributed by atoms with Crippen LogP contribution in [0.5, 0.6) is 5.75 Å². The zero-order valence-electron chi connectivity index (χ0n) is 12.7. The van der Waals surface area contributed by atoms with Gasteiger partial charge in [0.2, 0.25) is 5.91 Å². The molecule has 1 atom stereocenters. The van der Waals surface area contributed by atoms with Gasteiger partial charge < -0.3 is 15.2 Å². The van der Waals surface area contributed by atoms with Crippen molar-refractivity contribution >= 4 is 34.8 Å². The zero-order valence-corrected chi connectivity index (χ0v) is 14.3. The highest BCUT2D eigenvalue weighted by molar-refractivity contribution is 7.16. The van der Waals surface area contributed by atoms with Gasteiger partial charge in [0.1, 0.15) is 0 Å². The summed E-state index contributed by atoms with van der Waals surface area (Å²) in [5.74, 6) is -2.40. The van der Waals surface area contributed by atoms with Gasteiger partial charge in [-0.1, -0.05) is 17.7 Å². The number of amides is 1. The Morgan fingerprint density at radius 1 is 1.38 bits per heavy atom. The third-order valence-electron chi connectivity index (χ3n) is 3.29. The van der Waals surface area contributed by atoms with Gasteiger partial charge in [-0.15, -0.1) is 11.3 Å². The molecule has 8 heteroatoms. The second-order valence-corrected chi connectivity index (χ2v) is 6.74. The Bertz CT molecular complexity index is 749. The number of carbonyl (C=O) groups is 2. The van der Waals surface area contributed by atoms with Crippen LogP contribution in [0.1, 0.15) is 22.9 Å². The van der Waals surface area contributed by atoms with Gasteiger partial charge in [0.25, 0.3) is 0 Å². The Hall–Kier alpha value is -2.12. The number of nitrogens with one attached hydrogen (secondary N) is 1. The lowest BCUT2D eigenvalue weighted by atomic mass is 10.1. The summed E-state index contributed by atoms with van der Waals surface area (Å²) >= 11 is 7.18. The van der Waals surface area contributed by atoms with E-state index in [0.29, 0.717) is 10.8 Å². The van der Waals surface area contributed by atoms with E-state index in [2.05, 4.69) is 5.32 Å². The molecule has 24 heavy (non-hydrogen) atoms. The van der Waals surface area contributed by atoms with Crippen molar-refractivity contribution in [1.29, 1.82) is 0 Å². The highest BCUT2D eigenvalue weighted by atomic mass is 35.5. The third kappa shape index (κ3) is 4.69. The van der Waals surface area contributed by atoms with Crippen LogP contribution in [0, 0.1) is 5.82 Å². The van der Waals surface area contributed by atoms with E-state index in [-0.39, 0.29) is 17.7 Å². The summed E-state index contributed by atoms with van der Waals surface area (Å²) < 4.78 is 19.2. The first kappa shape index (κ1) is 18.2. The minimum atomic E-state index is -1.33. The molecule has 0 aliphatic rings. The number of carboxylic acid groups (broad SMARTS) is 1. The highest BCUT2D eigenvalue weighted by Gasteiger charge is 2.23. The molecule has 0 aliphatic carbocycles. The number of aliphatic carboxylic acids is 1. The number of halogens is 2. The van der Waals surface area contributed by atoms with Gasteiger partial charge in [-0.2, -0.15) is 0 Å². The van der Waals surface area contributed by atoms with E-state index in [1.54, 1.807) is 6.07 Å². The van der Waals surface area contributed by atoms with Crippen LogP contribution >= 0.6 is 22.9 Å². The Balaban J connectivity index is 2.03. The first-order chi connectivity index (χ1) is 11.4. The van der Waals surface area contributed by atoms with Crippen LogP contribution in [0.2, 0.25) is 4.34 Å². The standard InChI is InChI=1S/C16H15ClFNO4S/c1-23-12-5-2-9(8-11(12)18)15(16(21)22)19-14(20)7-4-10-3-6-13(17)24-10/h2-3,5-6,8,15H,4,7H2,1H3,(H,19,20)(H,21,22). The quantitative estimate of drug-likeness (QED) is 0.782. The molecule has 128 valence electrons. The Labute approximate surface area is 147 Å². The summed E-state index contributed by atoms with van der Waals surface area (Å²) in [7, 11) is 1.31. The Morgan fingerprint density at radius 2 is 2.12 bits per heavy atom. The fourth-order valence-corrected chi connectivity index (χ4v) is 3.19. The van der Waals surface area contributed by atoms with E-state index in [1.807, 2.05) is 6.07 Å². The van der Waals surface area contributed by atoms with E-state index in [0.717, 1.165) is 10.9 Å². The van der Waals surface area contributed by atoms with Crippen molar-refractivity contribution in [1.82, 2.24) is 5.32 Å². The molecule has 0 aliphatic heterocycles. The number of carbonyl (C=O) groups excluding carboxylic acids is 1. The van der Waals surface area contributed by atoms with Crippen molar-refractivity contribution in [2.24, 2.45) is 0 Å². The molecule has 0 fully saturated rings. The maximum Gasteiger partial charge on any atom is 0.330 e. The van der Waals surface area contributed by atoms with E-state index in [4.69, 9.17) is 16.3 Å². The molecular weight excluding hydrogens is 357 g/mol. The van der Waals surface area contributed by atoms with Crippen LogP contribution < -0.4 is 10.1 Å². The molecule has 1 amide bonds. The van der Waals surface area contributed by atoms with E-state index < -0.39 is 23.7 Å². The van der Waals surface area contributed by atoms with E-state index in [1.165, 1.54) is 30.6 Å². The first-order valence-corrected chi connectivity index (χ1v) is 8.20. The summed E-state index contributed by atoms with van der Waals surface area (Å²) in [5, 5.41) is 11.7. The summed E-state index contributed by atoms with van der Waals surface area (Å²) in [5.41, 5.74) is 0.133. The van der Waals surface area contributed by atoms with E-state index in [9.17, 15) is 19.1 Å². The minimum absolute atomic E-state index is 0.00351. The van der Waals surface area contributed by atoms with Crippen molar-refractivity contribution in [3.63, 3.8) is 0 Å². The average molecular weight is 372 g/mol. The Morgan fingerprint density at radius 3 is 2.67 bits per heavy atom. The van der Waals surface area contributed by atoms with Crippen LogP contribution in [-0.2, 0) is 16.0 Å². The predicted octanol–water partition coefficient (Wildman–Crippen LogP) is 3.42. The average Bonchev–Trinajstić information content (AvgIpc) is 2.95. The number of carboxylic acids is 1. The van der Waals surface area contributed by atoms with Gasteiger partial charge in [-0.05, 0) is 36.2 Å². The second kappa shape index (κ2) is 8.12. The largest absolute Gasteiger partial charge is 0.494 e. The molecule has 2 N–H and O–H groups in total. The fraction of sp³-hybridized carbons (Fsp3) is 0.250. The fourth-order valence-electron chi connectivity index (χ4n) is 2.11. The second-order valence-electron chi connectivity index (χ2n) is 4.94. The van der Waals surface area contributed by atoms with Gasteiger partial charge in [0, 0.05) is 11.3 Å². The van der Waals surface area contributed by atoms with E-state index >= 15 is 0 Å². The number of benzene rings is 1. The molecular formula is C16H15ClFNO4S. The molecule has 0 saturated carbocycles. The lowest BCUT2D eigenvalue weighted by Crippen LogP contribution is -2.33. The van der Waals surface area contributed by atoms with Gasteiger partial charge in [-0.3, -0.25) is 4.79 Å². The summed E-state index contributed by atoms with van der Waals surface area (Å²) in [6, 6.07) is 5.98. The maximum absolute atomic E-state index is 13.7. The number of ether oxygens (including phenoxy) is 1. The molecule has 1 aromatic heterocycles. The molecule has 2 aromatic rings. The summed E-state index contributed by atoms with van der Waals surface area (Å²) in [6.45, 7) is 0. The SMILES string of the molecule is COc1ccc(C(NC(=O)CCc2ccc(Cl)s2)C(=O)O)cc1F. The molecule has 0 spiro atoms. The minimum Gasteiger partial charge on any atom is -0.494 e. The van der Waals surface area contributed by atoms with Crippen molar-refractivity contribution in [3.05, 3.63) is 50.9 Å². The van der Waals surface area contributed by atoms with Crippen LogP contribution in [-0.4, -0.2) is 24.1 Å². The number of methoxy groups -OCH3 is 1. The molecule has 0 bridgehead atoms. The van der Waals surface area contributed by atoms with Gasteiger partial charge in [-0.25, -0.2) is 9.18 Å². The molecule has 1 unspecified atom stereocenters. The maximum atomic E-state index is 13.7. The molecule has 1 aromatic carbocycles. The van der Waals surface area contributed by atoms with Crippen LogP contribution in [0.15, 0.2) is 30.3 Å². The first-order valence-electron chi connectivity index (χ1n) is 7.00. The summed E-state index contributed by atoms with van der Waals surface area (Å²) in [4.78, 5) is 24.3. The normalized spacial score (nSPS) is 11.8. The molecule has 5 nitrogen and oxygen atoms in total. The van der Waals surface area contributed by atoms with Gasteiger partial charge in [0.15, 0.2) is 17.6 Å². The number of thiophene rings is 1. The number of hydrogen-bond acceptors (Lipinski definition) is 4. The third-order valence-corrected chi connectivity index (χ3v) is 4.58. The van der Waals surface area contributed by atoms with Crippen LogP contribution in [0.4, 0.5) is 4.39 Å². The van der Waals surface area contributed by atoms with Crippen LogP contribution in [0.25, 0.3) is 0 Å². The smallest absolute Gasteiger partial charge is 0.330 e. The topological polar surface area (TPSA) is 75.6 Å². The number of hydrogen-bond donors (Lipinski definition) is 2. The summed E-state index contributed by atoms with van der Waals surface area (Å²) in [6.07, 6.45) is 0.561. The molecule has 2 rings (SSSR count). The van der Waals surface area contributed by atoms with Crippen molar-refractivity contribution in [2.45, 2.75) is 18.9 Å².